The minimum absolute atomic E-state index is 0.0655. The molecule has 1 aromatic carbocycles. The summed E-state index contributed by atoms with van der Waals surface area (Å²) in [5.41, 5.74) is 1.18. The Balaban J connectivity index is 1.70. The first-order valence-corrected chi connectivity index (χ1v) is 6.54. The Hall–Kier alpha value is -1.55. The van der Waals surface area contributed by atoms with Gasteiger partial charge in [-0.25, -0.2) is 4.79 Å². The molecule has 0 aliphatic carbocycles. The van der Waals surface area contributed by atoms with Gasteiger partial charge in [0.15, 0.2) is 0 Å². The highest BCUT2D eigenvalue weighted by atomic mass is 16.5. The van der Waals surface area contributed by atoms with Crippen LogP contribution in [0.5, 0.6) is 0 Å². The van der Waals surface area contributed by atoms with Gasteiger partial charge in [0, 0.05) is 25.8 Å². The fraction of sp³-hybridized carbons (Fsp3) is 0.500. The number of carbonyl (C=O) groups is 1. The highest BCUT2D eigenvalue weighted by molar-refractivity contribution is 5.77. The fourth-order valence-corrected chi connectivity index (χ4v) is 2.74. The number of rotatable bonds is 2. The molecule has 1 N–H and O–H groups in total. The minimum atomic E-state index is 0.0655. The molecule has 4 heteroatoms. The van der Waals surface area contributed by atoms with E-state index in [1.165, 1.54) is 5.56 Å². The van der Waals surface area contributed by atoms with E-state index in [0.29, 0.717) is 6.04 Å². The predicted molar refractivity (Wildman–Crippen MR) is 68.3 cm³/mol. The van der Waals surface area contributed by atoms with Crippen LogP contribution in [0.3, 0.4) is 0 Å². The number of nitrogens with one attached hydrogen (secondary N) is 1. The van der Waals surface area contributed by atoms with Gasteiger partial charge in [0.2, 0.25) is 0 Å². The van der Waals surface area contributed by atoms with Gasteiger partial charge in [0.25, 0.3) is 0 Å². The van der Waals surface area contributed by atoms with Crippen LogP contribution in [0, 0.1) is 0 Å². The van der Waals surface area contributed by atoms with Crippen LogP contribution in [0.25, 0.3) is 0 Å². The maximum atomic E-state index is 12.0. The zero-order valence-electron chi connectivity index (χ0n) is 10.3. The van der Waals surface area contributed by atoms with Gasteiger partial charge < -0.3 is 15.0 Å². The van der Waals surface area contributed by atoms with Crippen molar-refractivity contribution in [1.29, 1.82) is 0 Å². The second-order valence-electron chi connectivity index (χ2n) is 4.91. The quantitative estimate of drug-likeness (QED) is 0.866. The van der Waals surface area contributed by atoms with Crippen LogP contribution in [-0.4, -0.2) is 36.7 Å². The van der Waals surface area contributed by atoms with E-state index in [0.717, 1.165) is 32.6 Å². The van der Waals surface area contributed by atoms with Crippen molar-refractivity contribution in [2.45, 2.75) is 24.9 Å². The predicted octanol–water partition coefficient (Wildman–Crippen LogP) is 1.93. The molecule has 2 aliphatic heterocycles. The summed E-state index contributed by atoms with van der Waals surface area (Å²) in [6.07, 6.45) is 1.91. The molecule has 0 spiro atoms. The van der Waals surface area contributed by atoms with Crippen LogP contribution in [0.1, 0.15) is 24.4 Å². The molecule has 0 radical (unpaired) electrons. The van der Waals surface area contributed by atoms with Crippen molar-refractivity contribution in [3.63, 3.8) is 0 Å². The van der Waals surface area contributed by atoms with Crippen molar-refractivity contribution < 1.29 is 9.53 Å². The van der Waals surface area contributed by atoms with E-state index in [-0.39, 0.29) is 12.1 Å². The lowest BCUT2D eigenvalue weighted by Crippen LogP contribution is -2.41. The van der Waals surface area contributed by atoms with Gasteiger partial charge in [-0.2, -0.15) is 0 Å². The van der Waals surface area contributed by atoms with E-state index in [4.69, 9.17) is 4.74 Å². The lowest BCUT2D eigenvalue weighted by molar-refractivity contribution is 0.0510. The zero-order valence-corrected chi connectivity index (χ0v) is 10.3. The second-order valence-corrected chi connectivity index (χ2v) is 4.91. The van der Waals surface area contributed by atoms with E-state index in [1.54, 1.807) is 0 Å². The van der Waals surface area contributed by atoms with Gasteiger partial charge in [0.05, 0.1) is 6.04 Å². The Bertz CT molecular complexity index is 415. The SMILES string of the molecule is O=C1N[C@H](c2ccccc2)CN1C1CCOCC1. The lowest BCUT2D eigenvalue weighted by Gasteiger charge is -2.30. The molecule has 1 atom stereocenters. The van der Waals surface area contributed by atoms with Crippen LogP contribution >= 0.6 is 0 Å². The molecule has 2 aliphatic rings. The van der Waals surface area contributed by atoms with Crippen LogP contribution in [0.2, 0.25) is 0 Å². The molecule has 0 unspecified atom stereocenters. The maximum absolute atomic E-state index is 12.0. The minimum Gasteiger partial charge on any atom is -0.381 e. The summed E-state index contributed by atoms with van der Waals surface area (Å²) >= 11 is 0. The van der Waals surface area contributed by atoms with Gasteiger partial charge in [-0.15, -0.1) is 0 Å². The highest BCUT2D eigenvalue weighted by Crippen LogP contribution is 2.25. The summed E-state index contributed by atoms with van der Waals surface area (Å²) in [5.74, 6) is 0. The largest absolute Gasteiger partial charge is 0.381 e. The number of hydrogen-bond acceptors (Lipinski definition) is 2. The molecule has 4 nitrogen and oxygen atoms in total. The number of benzene rings is 1. The fourth-order valence-electron chi connectivity index (χ4n) is 2.74. The Kier molecular flexibility index (Phi) is 3.19. The number of carbonyl (C=O) groups excluding carboxylic acids is 1. The monoisotopic (exact) mass is 246 g/mol. The van der Waals surface area contributed by atoms with Crippen molar-refractivity contribution in [3.8, 4) is 0 Å². The zero-order chi connectivity index (χ0) is 12.4. The van der Waals surface area contributed by atoms with Crippen molar-refractivity contribution in [1.82, 2.24) is 10.2 Å². The second kappa shape index (κ2) is 4.98. The number of urea groups is 1. The Morgan fingerprint density at radius 2 is 1.89 bits per heavy atom. The molecule has 0 saturated carbocycles. The molecule has 0 aromatic heterocycles. The van der Waals surface area contributed by atoms with Crippen LogP contribution < -0.4 is 5.32 Å². The standard InChI is InChI=1S/C14H18N2O2/c17-14-15-13(11-4-2-1-3-5-11)10-16(14)12-6-8-18-9-7-12/h1-5,12-13H,6-10H2,(H,15,17)/t13-/m0/s1. The van der Waals surface area contributed by atoms with E-state index in [2.05, 4.69) is 17.4 Å². The maximum Gasteiger partial charge on any atom is 0.318 e. The molecular formula is C14H18N2O2. The summed E-state index contributed by atoms with van der Waals surface area (Å²) in [6, 6.07) is 10.7. The topological polar surface area (TPSA) is 41.6 Å². The van der Waals surface area contributed by atoms with Crippen molar-refractivity contribution in [2.24, 2.45) is 0 Å². The van der Waals surface area contributed by atoms with Crippen molar-refractivity contribution >= 4 is 6.03 Å². The molecule has 1 aromatic rings. The van der Waals surface area contributed by atoms with Gasteiger partial charge >= 0.3 is 6.03 Å². The normalized spacial score (nSPS) is 25.2. The molecular weight excluding hydrogens is 228 g/mol. The van der Waals surface area contributed by atoms with Gasteiger partial charge in [-0.05, 0) is 18.4 Å². The third kappa shape index (κ3) is 2.20. The van der Waals surface area contributed by atoms with Crippen LogP contribution in [0.4, 0.5) is 4.79 Å². The van der Waals surface area contributed by atoms with Crippen LogP contribution in [0.15, 0.2) is 30.3 Å². The Morgan fingerprint density at radius 1 is 1.17 bits per heavy atom. The molecule has 2 fully saturated rings. The Morgan fingerprint density at radius 3 is 2.61 bits per heavy atom. The first-order chi connectivity index (χ1) is 8.84. The highest BCUT2D eigenvalue weighted by Gasteiger charge is 2.34. The number of amides is 2. The number of ether oxygens (including phenoxy) is 1. The molecule has 18 heavy (non-hydrogen) atoms. The summed E-state index contributed by atoms with van der Waals surface area (Å²) in [5, 5.41) is 3.06. The third-order valence-corrected chi connectivity index (χ3v) is 3.77. The summed E-state index contributed by atoms with van der Waals surface area (Å²) < 4.78 is 5.35. The van der Waals surface area contributed by atoms with Crippen molar-refractivity contribution in [3.05, 3.63) is 35.9 Å². The molecule has 96 valence electrons. The average Bonchev–Trinajstić information content (AvgIpc) is 2.83. The molecule has 2 saturated heterocycles. The van der Waals surface area contributed by atoms with E-state index >= 15 is 0 Å². The summed E-state index contributed by atoms with van der Waals surface area (Å²) in [4.78, 5) is 14.0. The summed E-state index contributed by atoms with van der Waals surface area (Å²) in [6.45, 7) is 2.31. The van der Waals surface area contributed by atoms with Gasteiger partial charge in [-0.3, -0.25) is 0 Å². The average molecular weight is 246 g/mol. The van der Waals surface area contributed by atoms with E-state index in [9.17, 15) is 4.79 Å². The molecule has 2 amide bonds. The first-order valence-electron chi connectivity index (χ1n) is 6.54. The molecule has 2 heterocycles. The van der Waals surface area contributed by atoms with Crippen LogP contribution in [-0.2, 0) is 4.74 Å². The number of hydrogen-bond donors (Lipinski definition) is 1. The van der Waals surface area contributed by atoms with E-state index < -0.39 is 0 Å². The molecule has 3 rings (SSSR count). The van der Waals surface area contributed by atoms with E-state index in [1.807, 2.05) is 23.1 Å². The van der Waals surface area contributed by atoms with Gasteiger partial charge in [0.1, 0.15) is 0 Å². The number of nitrogens with zero attached hydrogens (tertiary/aromatic N) is 1. The van der Waals surface area contributed by atoms with Gasteiger partial charge in [-0.1, -0.05) is 30.3 Å². The first kappa shape index (κ1) is 11.5. The lowest BCUT2D eigenvalue weighted by atomic mass is 10.1. The Labute approximate surface area is 107 Å². The molecule has 0 bridgehead atoms. The van der Waals surface area contributed by atoms with Crippen molar-refractivity contribution in [2.75, 3.05) is 19.8 Å². The summed E-state index contributed by atoms with van der Waals surface area (Å²) in [7, 11) is 0. The smallest absolute Gasteiger partial charge is 0.318 e. The third-order valence-electron chi connectivity index (χ3n) is 3.77.